The van der Waals surface area contributed by atoms with Crippen LogP contribution in [0.1, 0.15) is 44.1 Å². The standard InChI is InChI=1S/C23H24N4O4S2/c1-33(29,30)31-17-4-2-13(3-5-17)9-18-19(24)27-22(25-20(18)28)32-21(26-27)23-10-14-6-15(11-23)8-16(7-14)12-23/h2-5,9,14-16,24H,6-8,10-12H2,1H3/b18-9-,24-19?. The highest BCUT2D eigenvalue weighted by Gasteiger charge is 2.55. The summed E-state index contributed by atoms with van der Waals surface area (Å²) >= 11 is 1.47. The summed E-state index contributed by atoms with van der Waals surface area (Å²) in [5.74, 6) is 2.09. The number of carbonyl (C=O) groups is 1. The van der Waals surface area contributed by atoms with Gasteiger partial charge in [0.1, 0.15) is 10.8 Å². The minimum Gasteiger partial charge on any atom is -0.383 e. The van der Waals surface area contributed by atoms with Crippen LogP contribution in [0.15, 0.2) is 39.9 Å². The van der Waals surface area contributed by atoms with Gasteiger partial charge in [0.2, 0.25) is 5.17 Å². The number of hydrogen-bond acceptors (Lipinski definition) is 7. The van der Waals surface area contributed by atoms with Gasteiger partial charge in [-0.15, -0.1) is 0 Å². The van der Waals surface area contributed by atoms with Gasteiger partial charge in [0.25, 0.3) is 5.91 Å². The largest absolute Gasteiger partial charge is 0.383 e. The summed E-state index contributed by atoms with van der Waals surface area (Å²) in [6, 6.07) is 6.29. The maximum Gasteiger partial charge on any atom is 0.306 e. The zero-order valence-electron chi connectivity index (χ0n) is 18.2. The van der Waals surface area contributed by atoms with E-state index < -0.39 is 16.0 Å². The minimum atomic E-state index is -3.61. The molecule has 1 amide bonds. The van der Waals surface area contributed by atoms with Crippen LogP contribution >= 0.6 is 11.8 Å². The molecular formula is C23H24N4O4S2. The fourth-order valence-electron chi connectivity index (χ4n) is 6.54. The lowest BCUT2D eigenvalue weighted by molar-refractivity contribution is -0.114. The summed E-state index contributed by atoms with van der Waals surface area (Å²) in [5, 5.41) is 16.5. The van der Waals surface area contributed by atoms with Crippen molar-refractivity contribution in [3.05, 3.63) is 35.4 Å². The number of aliphatic imine (C=N–C) groups is 1. The second kappa shape index (κ2) is 7.27. The highest BCUT2D eigenvalue weighted by atomic mass is 32.2. The van der Waals surface area contributed by atoms with E-state index >= 15 is 0 Å². The molecule has 4 saturated carbocycles. The molecule has 4 aliphatic carbocycles. The minimum absolute atomic E-state index is 0.0219. The molecule has 0 spiro atoms. The summed E-state index contributed by atoms with van der Waals surface area (Å²) in [6.07, 6.45) is 10.1. The number of hydrazone groups is 1. The Balaban J connectivity index is 1.27. The molecule has 8 nitrogen and oxygen atoms in total. The third kappa shape index (κ3) is 3.73. The highest BCUT2D eigenvalue weighted by molar-refractivity contribution is 8.27. The average molecular weight is 485 g/mol. The molecule has 0 saturated heterocycles. The van der Waals surface area contributed by atoms with E-state index in [2.05, 4.69) is 4.99 Å². The van der Waals surface area contributed by atoms with Crippen LogP contribution in [0.25, 0.3) is 6.08 Å². The van der Waals surface area contributed by atoms with Gasteiger partial charge < -0.3 is 4.18 Å². The Morgan fingerprint density at radius 3 is 2.30 bits per heavy atom. The van der Waals surface area contributed by atoms with Crippen LogP contribution in [0.4, 0.5) is 0 Å². The Bertz CT molecular complexity index is 1230. The quantitative estimate of drug-likeness (QED) is 0.513. The normalized spacial score (nSPS) is 33.9. The van der Waals surface area contributed by atoms with Crippen molar-refractivity contribution in [1.82, 2.24) is 5.01 Å². The number of benzene rings is 1. The lowest BCUT2D eigenvalue weighted by Crippen LogP contribution is -2.49. The SMILES string of the molecule is CS(=O)(=O)Oc1ccc(/C=C2/C(=N)N3N=C(C45CC6CC(CC(C6)C4)C5)SC3=NC2=O)cc1. The Morgan fingerprint density at radius 2 is 1.73 bits per heavy atom. The number of amides is 1. The van der Waals surface area contributed by atoms with E-state index in [9.17, 15) is 13.2 Å². The molecule has 0 aromatic heterocycles. The molecule has 10 heteroatoms. The number of thioether (sulfide) groups is 1. The molecule has 7 rings (SSSR count). The first-order valence-electron chi connectivity index (χ1n) is 11.2. The third-order valence-corrected chi connectivity index (χ3v) is 9.04. The second-order valence-corrected chi connectivity index (χ2v) is 12.5. The molecule has 4 fully saturated rings. The molecule has 0 atom stereocenters. The first kappa shape index (κ1) is 21.1. The van der Waals surface area contributed by atoms with Gasteiger partial charge in [0.15, 0.2) is 5.84 Å². The van der Waals surface area contributed by atoms with Crippen molar-refractivity contribution >= 4 is 49.9 Å². The fraction of sp³-hybridized carbons (Fsp3) is 0.478. The molecule has 4 bridgehead atoms. The van der Waals surface area contributed by atoms with E-state index in [4.69, 9.17) is 14.7 Å². The maximum absolute atomic E-state index is 12.8. The first-order chi connectivity index (χ1) is 15.7. The van der Waals surface area contributed by atoms with Crippen LogP contribution in [0.5, 0.6) is 5.75 Å². The predicted octanol–water partition coefficient (Wildman–Crippen LogP) is 3.86. The Hall–Kier alpha value is -2.46. The van der Waals surface area contributed by atoms with Crippen molar-refractivity contribution in [2.75, 3.05) is 6.26 Å². The molecule has 1 aromatic rings. The number of fused-ring (bicyclic) bond motifs is 1. The second-order valence-electron chi connectivity index (χ2n) is 9.98. The number of amidine groups is 2. The van der Waals surface area contributed by atoms with Gasteiger partial charge in [-0.3, -0.25) is 10.2 Å². The Morgan fingerprint density at radius 1 is 1.12 bits per heavy atom. The topological polar surface area (TPSA) is 112 Å². The molecule has 2 aliphatic heterocycles. The summed E-state index contributed by atoms with van der Waals surface area (Å²) in [5.41, 5.74) is 0.883. The monoisotopic (exact) mass is 484 g/mol. The summed E-state index contributed by atoms with van der Waals surface area (Å²) < 4.78 is 27.4. The highest BCUT2D eigenvalue weighted by Crippen LogP contribution is 2.62. The third-order valence-electron chi connectivity index (χ3n) is 7.39. The van der Waals surface area contributed by atoms with Gasteiger partial charge in [-0.2, -0.15) is 23.5 Å². The molecule has 1 aromatic carbocycles. The first-order valence-corrected chi connectivity index (χ1v) is 13.8. The average Bonchev–Trinajstić information content (AvgIpc) is 3.15. The van der Waals surface area contributed by atoms with Crippen LogP contribution in [0, 0.1) is 28.6 Å². The van der Waals surface area contributed by atoms with E-state index in [0.717, 1.165) is 29.1 Å². The molecular weight excluding hydrogens is 460 g/mol. The van der Waals surface area contributed by atoms with Crippen molar-refractivity contribution in [2.24, 2.45) is 33.3 Å². The summed E-state index contributed by atoms with van der Waals surface area (Å²) in [7, 11) is -3.61. The van der Waals surface area contributed by atoms with Gasteiger partial charge in [-0.1, -0.05) is 12.1 Å². The summed E-state index contributed by atoms with van der Waals surface area (Å²) in [6.45, 7) is 0. The number of carbonyl (C=O) groups excluding carboxylic acids is 1. The predicted molar refractivity (Wildman–Crippen MR) is 128 cm³/mol. The number of rotatable bonds is 4. The van der Waals surface area contributed by atoms with E-state index in [0.29, 0.717) is 10.7 Å². The van der Waals surface area contributed by atoms with Crippen LogP contribution < -0.4 is 4.18 Å². The van der Waals surface area contributed by atoms with Crippen molar-refractivity contribution in [3.63, 3.8) is 0 Å². The zero-order valence-corrected chi connectivity index (χ0v) is 19.8. The fourth-order valence-corrected chi connectivity index (χ4v) is 8.11. The lowest BCUT2D eigenvalue weighted by Gasteiger charge is -2.56. The Labute approximate surface area is 196 Å². The van der Waals surface area contributed by atoms with Crippen molar-refractivity contribution in [3.8, 4) is 5.75 Å². The smallest absolute Gasteiger partial charge is 0.306 e. The zero-order chi connectivity index (χ0) is 23.0. The van der Waals surface area contributed by atoms with Gasteiger partial charge in [-0.25, -0.2) is 0 Å². The van der Waals surface area contributed by atoms with E-state index in [1.54, 1.807) is 18.2 Å². The number of nitrogens with zero attached hydrogens (tertiary/aromatic N) is 3. The van der Waals surface area contributed by atoms with Crippen LogP contribution in [-0.4, -0.2) is 41.6 Å². The van der Waals surface area contributed by atoms with Crippen LogP contribution in [0.2, 0.25) is 0 Å². The van der Waals surface area contributed by atoms with Gasteiger partial charge in [-0.05, 0) is 91.8 Å². The molecule has 0 unspecified atom stereocenters. The summed E-state index contributed by atoms with van der Waals surface area (Å²) in [4.78, 5) is 17.0. The van der Waals surface area contributed by atoms with E-state index in [1.807, 2.05) is 0 Å². The van der Waals surface area contributed by atoms with Crippen molar-refractivity contribution < 1.29 is 17.4 Å². The Kier molecular flexibility index (Phi) is 4.65. The van der Waals surface area contributed by atoms with Crippen LogP contribution in [0.3, 0.4) is 0 Å². The van der Waals surface area contributed by atoms with Gasteiger partial charge in [0, 0.05) is 5.41 Å². The molecule has 33 heavy (non-hydrogen) atoms. The molecule has 172 valence electrons. The maximum atomic E-state index is 12.8. The molecule has 6 aliphatic rings. The van der Waals surface area contributed by atoms with Crippen LogP contribution in [-0.2, 0) is 14.9 Å². The lowest BCUT2D eigenvalue weighted by atomic mass is 9.50. The molecule has 2 heterocycles. The van der Waals surface area contributed by atoms with Crippen molar-refractivity contribution in [2.45, 2.75) is 38.5 Å². The van der Waals surface area contributed by atoms with E-state index in [-0.39, 0.29) is 22.6 Å². The van der Waals surface area contributed by atoms with Gasteiger partial charge >= 0.3 is 10.1 Å². The van der Waals surface area contributed by atoms with Gasteiger partial charge in [0.05, 0.1) is 11.8 Å². The van der Waals surface area contributed by atoms with E-state index in [1.165, 1.54) is 67.4 Å². The van der Waals surface area contributed by atoms with Crippen molar-refractivity contribution in [1.29, 1.82) is 5.41 Å². The molecule has 0 radical (unpaired) electrons. The molecule has 1 N–H and O–H groups in total. The number of nitrogens with one attached hydrogen (secondary N) is 1. The number of hydrogen-bond donors (Lipinski definition) is 1.